The number of nitrogens with one attached hydrogen (secondary N) is 2. The molecule has 0 bridgehead atoms. The predicted molar refractivity (Wildman–Crippen MR) is 107 cm³/mol. The summed E-state index contributed by atoms with van der Waals surface area (Å²) in [6, 6.07) is 4.75. The van der Waals surface area contributed by atoms with Crippen molar-refractivity contribution in [3.8, 4) is 22.8 Å². The van der Waals surface area contributed by atoms with Gasteiger partial charge >= 0.3 is 6.61 Å². The van der Waals surface area contributed by atoms with Crippen LogP contribution in [0.3, 0.4) is 0 Å². The van der Waals surface area contributed by atoms with Gasteiger partial charge in [-0.2, -0.15) is 13.9 Å². The Labute approximate surface area is 171 Å². The fourth-order valence-corrected chi connectivity index (χ4v) is 3.23. The first-order chi connectivity index (χ1) is 14.4. The van der Waals surface area contributed by atoms with Crippen LogP contribution in [0.2, 0.25) is 0 Å². The van der Waals surface area contributed by atoms with E-state index in [1.165, 1.54) is 12.3 Å². The smallest absolute Gasteiger partial charge is 0.387 e. The van der Waals surface area contributed by atoms with Crippen LogP contribution in [0.5, 0.6) is 11.5 Å². The summed E-state index contributed by atoms with van der Waals surface area (Å²) in [6.45, 7) is 1.88. The zero-order valence-electron chi connectivity index (χ0n) is 16.7. The first-order valence-electron chi connectivity index (χ1n) is 9.84. The lowest BCUT2D eigenvalue weighted by atomic mass is 10.1. The molecule has 30 heavy (non-hydrogen) atoms. The maximum absolute atomic E-state index is 12.8. The maximum Gasteiger partial charge on any atom is 0.387 e. The van der Waals surface area contributed by atoms with Crippen LogP contribution in [0, 0.1) is 5.92 Å². The monoisotopic (exact) mass is 419 g/mol. The second kappa shape index (κ2) is 8.43. The van der Waals surface area contributed by atoms with E-state index < -0.39 is 6.61 Å². The summed E-state index contributed by atoms with van der Waals surface area (Å²) in [5.41, 5.74) is 2.23. The summed E-state index contributed by atoms with van der Waals surface area (Å²) in [4.78, 5) is 15.6. The van der Waals surface area contributed by atoms with Crippen molar-refractivity contribution in [1.82, 2.24) is 15.2 Å². The molecule has 1 aliphatic rings. The number of fused-ring (bicyclic) bond motifs is 1. The number of rotatable bonds is 9. The van der Waals surface area contributed by atoms with Crippen molar-refractivity contribution in [1.29, 1.82) is 0 Å². The Morgan fingerprint density at radius 2 is 2.03 bits per heavy atom. The second-order valence-corrected chi connectivity index (χ2v) is 7.73. The zero-order chi connectivity index (χ0) is 21.3. The molecule has 0 radical (unpaired) electrons. The van der Waals surface area contributed by atoms with Gasteiger partial charge in [0, 0.05) is 17.7 Å². The molecule has 1 aromatic carbocycles. The minimum Gasteiger partial charge on any atom is -0.487 e. The number of halogens is 2. The van der Waals surface area contributed by atoms with Crippen molar-refractivity contribution < 1.29 is 23.0 Å². The summed E-state index contributed by atoms with van der Waals surface area (Å²) < 4.78 is 41.8. The summed E-state index contributed by atoms with van der Waals surface area (Å²) in [5.74, 6) is 0.562. The van der Waals surface area contributed by atoms with E-state index in [1.807, 2.05) is 13.8 Å². The van der Waals surface area contributed by atoms with Crippen LogP contribution < -0.4 is 15.0 Å². The molecule has 2 aromatic heterocycles. The Balaban J connectivity index is 1.77. The first kappa shape index (κ1) is 20.3. The zero-order valence-corrected chi connectivity index (χ0v) is 16.7. The number of hydrogen-bond donors (Lipinski definition) is 2. The van der Waals surface area contributed by atoms with Crippen molar-refractivity contribution >= 4 is 10.9 Å². The molecule has 0 spiro atoms. The molecular weight excluding hydrogens is 396 g/mol. The van der Waals surface area contributed by atoms with Gasteiger partial charge in [-0.1, -0.05) is 13.8 Å². The number of aromatic amines is 2. The molecule has 160 valence electrons. The van der Waals surface area contributed by atoms with Gasteiger partial charge in [-0.15, -0.1) is 0 Å². The fraction of sp³-hybridized carbons (Fsp3) is 0.429. The maximum atomic E-state index is 12.8. The molecule has 2 N–H and O–H groups in total. The Bertz CT molecular complexity index is 1090. The predicted octanol–water partition coefficient (Wildman–Crippen LogP) is 4.23. The van der Waals surface area contributed by atoms with Gasteiger partial charge in [0.2, 0.25) is 0 Å². The number of alkyl halides is 2. The summed E-state index contributed by atoms with van der Waals surface area (Å²) in [6.07, 6.45) is 3.28. The number of hydrogen-bond acceptors (Lipinski definition) is 5. The van der Waals surface area contributed by atoms with Crippen LogP contribution >= 0.6 is 0 Å². The number of ether oxygens (including phenoxy) is 3. The van der Waals surface area contributed by atoms with E-state index in [9.17, 15) is 13.6 Å². The third kappa shape index (κ3) is 4.46. The van der Waals surface area contributed by atoms with Crippen LogP contribution in [-0.4, -0.2) is 34.5 Å². The van der Waals surface area contributed by atoms with Gasteiger partial charge in [0.05, 0.1) is 35.5 Å². The van der Waals surface area contributed by atoms with E-state index in [0.29, 0.717) is 40.2 Å². The number of benzene rings is 1. The molecule has 0 amide bonds. The van der Waals surface area contributed by atoms with Gasteiger partial charge in [-0.25, -0.2) is 5.10 Å². The number of H-pyrrole nitrogens is 2. The average Bonchev–Trinajstić information content (AvgIpc) is 3.42. The van der Waals surface area contributed by atoms with Gasteiger partial charge in [0.1, 0.15) is 0 Å². The highest BCUT2D eigenvalue weighted by molar-refractivity contribution is 5.89. The van der Waals surface area contributed by atoms with Crippen LogP contribution in [0.4, 0.5) is 8.78 Å². The Morgan fingerprint density at radius 1 is 1.23 bits per heavy atom. The molecule has 2 heterocycles. The van der Waals surface area contributed by atoms with Crippen molar-refractivity contribution in [2.45, 2.75) is 46.0 Å². The van der Waals surface area contributed by atoms with Crippen LogP contribution in [0.15, 0.2) is 29.2 Å². The van der Waals surface area contributed by atoms with Crippen molar-refractivity contribution in [2.24, 2.45) is 5.92 Å². The second-order valence-electron chi connectivity index (χ2n) is 7.73. The van der Waals surface area contributed by atoms with E-state index in [2.05, 4.69) is 19.9 Å². The Hall–Kier alpha value is -2.94. The lowest BCUT2D eigenvalue weighted by molar-refractivity contribution is -0.0516. The van der Waals surface area contributed by atoms with E-state index in [-0.39, 0.29) is 29.8 Å². The van der Waals surface area contributed by atoms with Crippen molar-refractivity contribution in [3.05, 3.63) is 40.3 Å². The molecule has 1 aliphatic carbocycles. The molecule has 9 heteroatoms. The quantitative estimate of drug-likeness (QED) is 0.542. The molecular formula is C21H23F2N3O4. The molecule has 1 saturated carbocycles. The first-order valence-corrected chi connectivity index (χ1v) is 9.84. The van der Waals surface area contributed by atoms with Gasteiger partial charge in [-0.05, 0) is 37.0 Å². The summed E-state index contributed by atoms with van der Waals surface area (Å²) in [7, 11) is 0. The van der Waals surface area contributed by atoms with E-state index in [1.54, 1.807) is 12.1 Å². The highest BCUT2D eigenvalue weighted by Crippen LogP contribution is 2.39. The highest BCUT2D eigenvalue weighted by atomic mass is 19.3. The Morgan fingerprint density at radius 3 is 2.73 bits per heavy atom. The third-order valence-electron chi connectivity index (χ3n) is 4.68. The Kier molecular flexibility index (Phi) is 5.72. The molecule has 3 aromatic rings. The summed E-state index contributed by atoms with van der Waals surface area (Å²) in [5, 5.41) is 6.75. The van der Waals surface area contributed by atoms with Crippen LogP contribution in [0.25, 0.3) is 22.2 Å². The van der Waals surface area contributed by atoms with Gasteiger partial charge in [0.15, 0.2) is 11.5 Å². The molecule has 4 rings (SSSR count). The number of nitrogens with zero attached hydrogens (tertiary/aromatic N) is 1. The molecule has 0 atom stereocenters. The minimum atomic E-state index is -2.95. The van der Waals surface area contributed by atoms with Crippen molar-refractivity contribution in [3.63, 3.8) is 0 Å². The third-order valence-corrected chi connectivity index (χ3v) is 4.68. The average molecular weight is 419 g/mol. The van der Waals surface area contributed by atoms with E-state index in [4.69, 9.17) is 9.47 Å². The van der Waals surface area contributed by atoms with Gasteiger partial charge in [-0.3, -0.25) is 4.79 Å². The standard InChI is InChI=1S/C21H23F2N3O4/c1-11(2)9-28-10-14-18-15(8-24-26-20(18)27)25-19(14)12-3-6-16(30-21(22)23)17(7-12)29-13-4-5-13/h3,6-8,11,13,21,25H,4-5,9-10H2,1-2H3,(H,26,27). The van der Waals surface area contributed by atoms with Crippen molar-refractivity contribution in [2.75, 3.05) is 6.61 Å². The fourth-order valence-electron chi connectivity index (χ4n) is 3.23. The molecule has 0 aliphatic heterocycles. The minimum absolute atomic E-state index is 0.00359. The molecule has 7 nitrogen and oxygen atoms in total. The number of aromatic nitrogens is 3. The van der Waals surface area contributed by atoms with E-state index >= 15 is 0 Å². The highest BCUT2D eigenvalue weighted by Gasteiger charge is 2.26. The topological polar surface area (TPSA) is 89.2 Å². The molecule has 1 fully saturated rings. The molecule has 0 saturated heterocycles. The SMILES string of the molecule is CC(C)COCc1c(-c2ccc(OC(F)F)c(OC3CC3)c2)[nH]c2cn[nH]c(=O)c12. The van der Waals surface area contributed by atoms with Gasteiger partial charge < -0.3 is 19.2 Å². The molecule has 0 unspecified atom stereocenters. The van der Waals surface area contributed by atoms with Crippen LogP contribution in [-0.2, 0) is 11.3 Å². The lowest BCUT2D eigenvalue weighted by Gasteiger charge is -2.14. The van der Waals surface area contributed by atoms with Gasteiger partial charge in [0.25, 0.3) is 5.56 Å². The summed E-state index contributed by atoms with van der Waals surface area (Å²) >= 11 is 0. The van der Waals surface area contributed by atoms with E-state index in [0.717, 1.165) is 12.8 Å². The van der Waals surface area contributed by atoms with Crippen LogP contribution in [0.1, 0.15) is 32.3 Å². The normalized spacial score (nSPS) is 14.1. The largest absolute Gasteiger partial charge is 0.487 e. The lowest BCUT2D eigenvalue weighted by Crippen LogP contribution is -2.09.